The summed E-state index contributed by atoms with van der Waals surface area (Å²) in [7, 11) is 0. The van der Waals surface area contributed by atoms with Gasteiger partial charge in [0.05, 0.1) is 11.5 Å². The van der Waals surface area contributed by atoms with Crippen molar-refractivity contribution in [3.05, 3.63) is 40.1 Å². The van der Waals surface area contributed by atoms with Gasteiger partial charge in [-0.1, -0.05) is 0 Å². The molecule has 23 heavy (non-hydrogen) atoms. The largest absolute Gasteiger partial charge is 0.463 e. The maximum Gasteiger partial charge on any atom is 0.432 e. The van der Waals surface area contributed by atoms with Crippen molar-refractivity contribution < 1.29 is 32.7 Å². The van der Waals surface area contributed by atoms with Crippen LogP contribution < -0.4 is 0 Å². The van der Waals surface area contributed by atoms with E-state index >= 15 is 0 Å². The molecule has 0 bridgehead atoms. The number of alkyl halides is 3. The van der Waals surface area contributed by atoms with Gasteiger partial charge in [0.15, 0.2) is 0 Å². The lowest BCUT2D eigenvalue weighted by atomic mass is 9.92. The number of ether oxygens (including phenoxy) is 1. The monoisotopic (exact) mass is 332 g/mol. The Kier molecular flexibility index (Phi) is 4.03. The fraction of sp³-hybridized carbons (Fsp3) is 0.308. The third kappa shape index (κ3) is 2.61. The van der Waals surface area contributed by atoms with Gasteiger partial charge in [-0.15, -0.1) is 0 Å². The van der Waals surface area contributed by atoms with Gasteiger partial charge >= 0.3 is 12.1 Å². The van der Waals surface area contributed by atoms with Crippen molar-refractivity contribution >= 4 is 22.6 Å². The molecule has 0 fully saturated rings. The second-order valence-electron chi connectivity index (χ2n) is 4.62. The number of esters is 1. The number of benzene rings is 1. The van der Waals surface area contributed by atoms with E-state index in [0.29, 0.717) is 0 Å². The highest BCUT2D eigenvalue weighted by Gasteiger charge is 2.63. The number of nitro benzene ring substituents is 1. The summed E-state index contributed by atoms with van der Waals surface area (Å²) >= 11 is 0. The van der Waals surface area contributed by atoms with Crippen LogP contribution in [-0.4, -0.2) is 33.8 Å². The average Bonchev–Trinajstić information content (AvgIpc) is 2.88. The zero-order chi connectivity index (χ0) is 17.4. The highest BCUT2D eigenvalue weighted by Crippen LogP contribution is 2.43. The molecule has 1 atom stereocenters. The summed E-state index contributed by atoms with van der Waals surface area (Å²) in [6, 6.07) is 3.11. The molecule has 0 radical (unpaired) electrons. The highest BCUT2D eigenvalue weighted by molar-refractivity contribution is 5.93. The molecule has 0 unspecified atom stereocenters. The van der Waals surface area contributed by atoms with Crippen LogP contribution in [0.15, 0.2) is 24.4 Å². The van der Waals surface area contributed by atoms with E-state index in [-0.39, 0.29) is 17.5 Å². The van der Waals surface area contributed by atoms with Crippen LogP contribution in [-0.2, 0) is 15.1 Å². The number of halogens is 3. The van der Waals surface area contributed by atoms with Gasteiger partial charge in [-0.3, -0.25) is 10.1 Å². The predicted octanol–water partition coefficient (Wildman–Crippen LogP) is 2.39. The molecule has 2 N–H and O–H groups in total. The molecule has 1 aromatic carbocycles. The maximum atomic E-state index is 13.3. The number of H-pyrrole nitrogens is 1. The van der Waals surface area contributed by atoms with Crippen LogP contribution in [0.25, 0.3) is 10.9 Å². The van der Waals surface area contributed by atoms with Gasteiger partial charge in [0, 0.05) is 34.8 Å². The number of nitro groups is 1. The number of carbonyl (C=O) groups is 1. The topological polar surface area (TPSA) is 105 Å². The Morgan fingerprint density at radius 2 is 2.09 bits per heavy atom. The molecule has 0 saturated heterocycles. The average molecular weight is 332 g/mol. The molecular formula is C13H11F3N2O5. The molecule has 0 spiro atoms. The van der Waals surface area contributed by atoms with E-state index in [1.165, 1.54) is 13.0 Å². The molecule has 10 heteroatoms. The number of nitrogens with one attached hydrogen (secondary N) is 1. The van der Waals surface area contributed by atoms with Gasteiger partial charge in [0.1, 0.15) is 0 Å². The minimum Gasteiger partial charge on any atom is -0.463 e. The third-order valence-electron chi connectivity index (χ3n) is 3.25. The quantitative estimate of drug-likeness (QED) is 0.508. The molecule has 0 aliphatic carbocycles. The Morgan fingerprint density at radius 3 is 2.61 bits per heavy atom. The van der Waals surface area contributed by atoms with Crippen LogP contribution in [0.2, 0.25) is 0 Å². The Bertz CT molecular complexity index is 771. The van der Waals surface area contributed by atoms with Crippen LogP contribution in [0.1, 0.15) is 12.5 Å². The van der Waals surface area contributed by atoms with Crippen LogP contribution in [0.4, 0.5) is 18.9 Å². The molecule has 0 saturated carbocycles. The molecule has 1 aromatic heterocycles. The number of nitrogens with zero attached hydrogens (tertiary/aromatic N) is 1. The second-order valence-corrected chi connectivity index (χ2v) is 4.62. The summed E-state index contributed by atoms with van der Waals surface area (Å²) in [6.45, 7) is 0.911. The van der Waals surface area contributed by atoms with Gasteiger partial charge < -0.3 is 14.8 Å². The number of aromatic nitrogens is 1. The minimum absolute atomic E-state index is 0.0950. The van der Waals surface area contributed by atoms with E-state index in [1.54, 1.807) is 0 Å². The lowest BCUT2D eigenvalue weighted by Gasteiger charge is -2.27. The number of aliphatic hydroxyl groups is 1. The normalized spacial score (nSPS) is 14.5. The summed E-state index contributed by atoms with van der Waals surface area (Å²) < 4.78 is 44.3. The first-order chi connectivity index (χ1) is 10.6. The lowest BCUT2D eigenvalue weighted by Crippen LogP contribution is -2.50. The Hall–Kier alpha value is -2.62. The minimum atomic E-state index is -5.38. The highest BCUT2D eigenvalue weighted by atomic mass is 19.4. The van der Waals surface area contributed by atoms with Crippen molar-refractivity contribution in [2.45, 2.75) is 18.7 Å². The first-order valence-electron chi connectivity index (χ1n) is 6.35. The van der Waals surface area contributed by atoms with Gasteiger partial charge in [-0.2, -0.15) is 13.2 Å². The number of hydrogen-bond acceptors (Lipinski definition) is 5. The summed E-state index contributed by atoms with van der Waals surface area (Å²) in [5, 5.41) is 20.5. The van der Waals surface area contributed by atoms with E-state index in [1.807, 2.05) is 0 Å². The van der Waals surface area contributed by atoms with E-state index in [2.05, 4.69) is 9.72 Å². The van der Waals surface area contributed by atoms with Crippen molar-refractivity contribution in [3.63, 3.8) is 0 Å². The second kappa shape index (κ2) is 5.54. The van der Waals surface area contributed by atoms with E-state index < -0.39 is 33.9 Å². The number of hydrogen-bond donors (Lipinski definition) is 2. The van der Waals surface area contributed by atoms with Gasteiger partial charge in [0.25, 0.3) is 11.3 Å². The summed E-state index contributed by atoms with van der Waals surface area (Å²) in [4.78, 5) is 24.2. The lowest BCUT2D eigenvalue weighted by molar-refractivity contribution is -0.384. The van der Waals surface area contributed by atoms with Crippen LogP contribution in [0.5, 0.6) is 0 Å². The molecular weight excluding hydrogens is 321 g/mol. The van der Waals surface area contributed by atoms with Gasteiger partial charge in [-0.05, 0) is 13.0 Å². The Morgan fingerprint density at radius 1 is 1.43 bits per heavy atom. The third-order valence-corrected chi connectivity index (χ3v) is 3.25. The van der Waals surface area contributed by atoms with E-state index in [0.717, 1.165) is 18.3 Å². The van der Waals surface area contributed by atoms with Gasteiger partial charge in [-0.25, -0.2) is 4.79 Å². The smallest absolute Gasteiger partial charge is 0.432 e. The van der Waals surface area contributed by atoms with Crippen molar-refractivity contribution in [3.8, 4) is 0 Å². The number of carbonyl (C=O) groups excluding carboxylic acids is 1. The van der Waals surface area contributed by atoms with Crippen molar-refractivity contribution in [1.82, 2.24) is 4.98 Å². The number of aromatic amines is 1. The summed E-state index contributed by atoms with van der Waals surface area (Å²) in [6.07, 6.45) is -4.60. The van der Waals surface area contributed by atoms with Crippen LogP contribution in [0.3, 0.4) is 0 Å². The fourth-order valence-electron chi connectivity index (χ4n) is 2.14. The van der Waals surface area contributed by atoms with E-state index in [9.17, 15) is 33.2 Å². The molecule has 7 nitrogen and oxygen atoms in total. The summed E-state index contributed by atoms with van der Waals surface area (Å²) in [5.74, 6) is -1.90. The van der Waals surface area contributed by atoms with Crippen molar-refractivity contribution in [2.75, 3.05) is 6.61 Å². The van der Waals surface area contributed by atoms with Crippen LogP contribution in [0, 0.1) is 10.1 Å². The fourth-order valence-corrected chi connectivity index (χ4v) is 2.14. The molecule has 0 amide bonds. The zero-order valence-corrected chi connectivity index (χ0v) is 11.7. The Labute approximate surface area is 126 Å². The number of non-ortho nitro benzene ring substituents is 1. The molecule has 0 aliphatic heterocycles. The zero-order valence-electron chi connectivity index (χ0n) is 11.7. The Balaban J connectivity index is 2.73. The van der Waals surface area contributed by atoms with Crippen molar-refractivity contribution in [2.24, 2.45) is 0 Å². The molecule has 124 valence electrons. The molecule has 0 aliphatic rings. The maximum absolute atomic E-state index is 13.3. The standard InChI is InChI=1S/C13H11F3N2O5/c1-2-23-11(19)12(20,13(14,15)16)9-6-17-10-4-3-7(18(21)22)5-8(9)10/h3-6,17,20H,2H2,1H3/t12-/m1/s1. The molecule has 2 aromatic rings. The SMILES string of the molecule is CCOC(=O)[C@](O)(c1c[nH]c2ccc([N+](=O)[O-])cc12)C(F)(F)F. The predicted molar refractivity (Wildman–Crippen MR) is 71.5 cm³/mol. The molecule has 2 rings (SSSR count). The van der Waals surface area contributed by atoms with Crippen molar-refractivity contribution in [1.29, 1.82) is 0 Å². The summed E-state index contributed by atoms with van der Waals surface area (Å²) in [5.41, 5.74) is -5.18. The van der Waals surface area contributed by atoms with Gasteiger partial charge in [0.2, 0.25) is 0 Å². The molecule has 1 heterocycles. The van der Waals surface area contributed by atoms with Crippen LogP contribution >= 0.6 is 0 Å². The van der Waals surface area contributed by atoms with E-state index in [4.69, 9.17) is 0 Å². The first-order valence-corrected chi connectivity index (χ1v) is 6.35. The number of rotatable bonds is 4. The first kappa shape index (κ1) is 16.7. The number of fused-ring (bicyclic) bond motifs is 1.